The lowest BCUT2D eigenvalue weighted by Gasteiger charge is -2.36. The Morgan fingerprint density at radius 3 is 2.33 bits per heavy atom. The molecule has 4 nitrogen and oxygen atoms in total. The maximum Gasteiger partial charge on any atom is 0.222 e. The average molecular weight is 330 g/mol. The van der Waals surface area contributed by atoms with Gasteiger partial charge in [0, 0.05) is 38.3 Å². The Kier molecular flexibility index (Phi) is 6.00. The second-order valence-electron chi connectivity index (χ2n) is 7.28. The van der Waals surface area contributed by atoms with Crippen LogP contribution in [-0.2, 0) is 4.79 Å². The molecule has 24 heavy (non-hydrogen) atoms. The summed E-state index contributed by atoms with van der Waals surface area (Å²) in [7, 11) is 0. The number of aromatic hydroxyl groups is 1. The van der Waals surface area contributed by atoms with Crippen molar-refractivity contribution in [3.63, 3.8) is 0 Å². The molecule has 1 heterocycles. The third kappa shape index (κ3) is 4.65. The van der Waals surface area contributed by atoms with Crippen molar-refractivity contribution in [3.05, 3.63) is 24.3 Å². The van der Waals surface area contributed by atoms with Gasteiger partial charge in [-0.3, -0.25) is 4.79 Å². The van der Waals surface area contributed by atoms with E-state index >= 15 is 0 Å². The van der Waals surface area contributed by atoms with Gasteiger partial charge in [0.1, 0.15) is 5.75 Å². The van der Waals surface area contributed by atoms with E-state index in [0.29, 0.717) is 11.7 Å². The first-order chi connectivity index (χ1) is 11.7. The summed E-state index contributed by atoms with van der Waals surface area (Å²) in [5.41, 5.74) is 1.12. The van der Waals surface area contributed by atoms with E-state index in [1.165, 1.54) is 38.5 Å². The zero-order chi connectivity index (χ0) is 16.8. The number of carbonyl (C=O) groups excluding carboxylic acids is 1. The van der Waals surface area contributed by atoms with Gasteiger partial charge in [-0.2, -0.15) is 0 Å². The number of amides is 1. The first-order valence-corrected chi connectivity index (χ1v) is 9.54. The van der Waals surface area contributed by atoms with Crippen molar-refractivity contribution in [1.82, 2.24) is 4.90 Å². The van der Waals surface area contributed by atoms with Gasteiger partial charge in [-0.05, 0) is 43.0 Å². The summed E-state index contributed by atoms with van der Waals surface area (Å²) in [6.07, 6.45) is 9.94. The van der Waals surface area contributed by atoms with Crippen molar-refractivity contribution < 1.29 is 9.90 Å². The minimum absolute atomic E-state index is 0.297. The first kappa shape index (κ1) is 17.1. The quantitative estimate of drug-likeness (QED) is 0.893. The van der Waals surface area contributed by atoms with E-state index in [0.717, 1.165) is 50.6 Å². The smallest absolute Gasteiger partial charge is 0.222 e. The summed E-state index contributed by atoms with van der Waals surface area (Å²) in [5, 5.41) is 9.38. The molecule has 1 aromatic carbocycles. The highest BCUT2D eigenvalue weighted by molar-refractivity contribution is 5.76. The maximum absolute atomic E-state index is 12.4. The predicted molar refractivity (Wildman–Crippen MR) is 97.3 cm³/mol. The van der Waals surface area contributed by atoms with Crippen LogP contribution < -0.4 is 4.90 Å². The van der Waals surface area contributed by atoms with Crippen molar-refractivity contribution in [3.8, 4) is 5.75 Å². The van der Waals surface area contributed by atoms with E-state index in [2.05, 4.69) is 4.90 Å². The normalized spacial score (nSPS) is 19.5. The molecular weight excluding hydrogens is 300 g/mol. The van der Waals surface area contributed by atoms with Crippen LogP contribution in [0.5, 0.6) is 5.75 Å². The summed E-state index contributed by atoms with van der Waals surface area (Å²) in [6, 6.07) is 7.32. The molecule has 1 amide bonds. The number of hydrogen-bond acceptors (Lipinski definition) is 3. The summed E-state index contributed by atoms with van der Waals surface area (Å²) in [5.74, 6) is 1.50. The van der Waals surface area contributed by atoms with Gasteiger partial charge in [-0.25, -0.2) is 0 Å². The number of benzene rings is 1. The molecule has 1 aliphatic heterocycles. The van der Waals surface area contributed by atoms with E-state index in [1.54, 1.807) is 12.1 Å². The van der Waals surface area contributed by atoms with Gasteiger partial charge in [0.2, 0.25) is 5.91 Å². The van der Waals surface area contributed by atoms with E-state index in [-0.39, 0.29) is 0 Å². The number of anilines is 1. The van der Waals surface area contributed by atoms with Crippen LogP contribution in [0.4, 0.5) is 5.69 Å². The van der Waals surface area contributed by atoms with E-state index in [4.69, 9.17) is 0 Å². The van der Waals surface area contributed by atoms with Crippen LogP contribution >= 0.6 is 0 Å². The number of rotatable bonds is 5. The monoisotopic (exact) mass is 330 g/mol. The Labute approximate surface area is 145 Å². The molecule has 1 saturated heterocycles. The standard InChI is InChI=1S/C20H30N2O2/c23-19-11-9-18(10-12-19)21-13-15-22(16-14-21)20(24)8-4-7-17-5-2-1-3-6-17/h9-12,17,23H,1-8,13-16H2. The summed E-state index contributed by atoms with van der Waals surface area (Å²) >= 11 is 0. The maximum atomic E-state index is 12.4. The largest absolute Gasteiger partial charge is 0.508 e. The molecule has 2 fully saturated rings. The van der Waals surface area contributed by atoms with Gasteiger partial charge in [0.25, 0.3) is 0 Å². The van der Waals surface area contributed by atoms with Gasteiger partial charge in [0.05, 0.1) is 0 Å². The van der Waals surface area contributed by atoms with E-state index in [9.17, 15) is 9.90 Å². The molecule has 132 valence electrons. The Morgan fingerprint density at radius 2 is 1.67 bits per heavy atom. The molecule has 0 spiro atoms. The SMILES string of the molecule is O=C(CCCC1CCCCC1)N1CCN(c2ccc(O)cc2)CC1. The molecule has 1 aromatic rings. The number of carbonyl (C=O) groups is 1. The van der Waals surface area contributed by atoms with Gasteiger partial charge in [0.15, 0.2) is 0 Å². The van der Waals surface area contributed by atoms with Crippen molar-refractivity contribution in [2.75, 3.05) is 31.1 Å². The van der Waals surface area contributed by atoms with Gasteiger partial charge < -0.3 is 14.9 Å². The van der Waals surface area contributed by atoms with Crippen LogP contribution in [0.25, 0.3) is 0 Å². The molecule has 1 N–H and O–H groups in total. The zero-order valence-electron chi connectivity index (χ0n) is 14.6. The van der Waals surface area contributed by atoms with E-state index in [1.807, 2.05) is 17.0 Å². The third-order valence-electron chi connectivity index (χ3n) is 5.57. The number of phenols is 1. The van der Waals surface area contributed by atoms with E-state index < -0.39 is 0 Å². The van der Waals surface area contributed by atoms with Crippen LogP contribution in [0.1, 0.15) is 51.4 Å². The number of phenolic OH excluding ortho intramolecular Hbond substituents is 1. The molecule has 0 aromatic heterocycles. The van der Waals surface area contributed by atoms with Crippen LogP contribution in [-0.4, -0.2) is 42.1 Å². The average Bonchev–Trinajstić information content (AvgIpc) is 2.63. The Hall–Kier alpha value is -1.71. The minimum Gasteiger partial charge on any atom is -0.508 e. The lowest BCUT2D eigenvalue weighted by atomic mass is 9.86. The van der Waals surface area contributed by atoms with Crippen molar-refractivity contribution in [2.24, 2.45) is 5.92 Å². The number of piperazine rings is 1. The van der Waals surface area contributed by atoms with Gasteiger partial charge in [-0.1, -0.05) is 32.1 Å². The number of hydrogen-bond donors (Lipinski definition) is 1. The molecule has 4 heteroatoms. The lowest BCUT2D eigenvalue weighted by molar-refractivity contribution is -0.131. The highest BCUT2D eigenvalue weighted by Gasteiger charge is 2.21. The first-order valence-electron chi connectivity index (χ1n) is 9.54. The topological polar surface area (TPSA) is 43.8 Å². The second kappa shape index (κ2) is 8.41. The van der Waals surface area contributed by atoms with Crippen molar-refractivity contribution in [1.29, 1.82) is 0 Å². The van der Waals surface area contributed by atoms with Crippen LogP contribution in [0.3, 0.4) is 0 Å². The summed E-state index contributed by atoms with van der Waals surface area (Å²) in [6.45, 7) is 3.37. The fourth-order valence-corrected chi connectivity index (χ4v) is 4.05. The summed E-state index contributed by atoms with van der Waals surface area (Å²) < 4.78 is 0. The van der Waals surface area contributed by atoms with Crippen molar-refractivity contribution in [2.45, 2.75) is 51.4 Å². The molecule has 0 atom stereocenters. The van der Waals surface area contributed by atoms with Crippen LogP contribution in [0.15, 0.2) is 24.3 Å². The Bertz CT molecular complexity index is 515. The Balaban J connectivity index is 1.37. The summed E-state index contributed by atoms with van der Waals surface area (Å²) in [4.78, 5) is 16.7. The molecule has 1 saturated carbocycles. The highest BCUT2D eigenvalue weighted by atomic mass is 16.3. The molecule has 2 aliphatic rings. The molecule has 0 unspecified atom stereocenters. The lowest BCUT2D eigenvalue weighted by Crippen LogP contribution is -2.48. The van der Waals surface area contributed by atoms with Gasteiger partial charge >= 0.3 is 0 Å². The molecule has 1 aliphatic carbocycles. The fraction of sp³-hybridized carbons (Fsp3) is 0.650. The highest BCUT2D eigenvalue weighted by Crippen LogP contribution is 2.28. The second-order valence-corrected chi connectivity index (χ2v) is 7.28. The molecule has 3 rings (SSSR count). The molecule has 0 radical (unpaired) electrons. The van der Waals surface area contributed by atoms with Crippen molar-refractivity contribution >= 4 is 11.6 Å². The van der Waals surface area contributed by atoms with Crippen LogP contribution in [0.2, 0.25) is 0 Å². The Morgan fingerprint density at radius 1 is 1.00 bits per heavy atom. The fourth-order valence-electron chi connectivity index (χ4n) is 4.05. The van der Waals surface area contributed by atoms with Crippen LogP contribution in [0, 0.1) is 5.92 Å². The van der Waals surface area contributed by atoms with Gasteiger partial charge in [-0.15, -0.1) is 0 Å². The third-order valence-corrected chi connectivity index (χ3v) is 5.57. The minimum atomic E-state index is 0.297. The number of nitrogens with zero attached hydrogens (tertiary/aromatic N) is 2. The zero-order valence-corrected chi connectivity index (χ0v) is 14.6. The predicted octanol–water partition coefficient (Wildman–Crippen LogP) is 3.79. The molecular formula is C20H30N2O2. The molecule has 0 bridgehead atoms.